The van der Waals surface area contributed by atoms with Gasteiger partial charge >= 0.3 is 0 Å². The third-order valence-corrected chi connectivity index (χ3v) is 9.43. The average Bonchev–Trinajstić information content (AvgIpc) is 3.50. The number of methoxy groups -OCH3 is 1. The van der Waals surface area contributed by atoms with Crippen LogP contribution in [0.5, 0.6) is 5.88 Å². The van der Waals surface area contributed by atoms with E-state index in [1.54, 1.807) is 24.6 Å². The van der Waals surface area contributed by atoms with Crippen molar-refractivity contribution in [1.82, 2.24) is 30.3 Å². The third-order valence-electron chi connectivity index (χ3n) is 8.61. The maximum Gasteiger partial charge on any atom is 0.262 e. The number of carbonyl (C=O) groups excluding carboxylic acids is 1. The molecule has 0 saturated carbocycles. The zero-order chi connectivity index (χ0) is 34.7. The maximum absolute atomic E-state index is 13.3. The standard InChI is InChI=1S/C37H38Cl2N6O4/c1-21-14-24(15-32-42-19-25(37(48)45(21)32)18-40-16-22(2)46)27-6-4-7-28(34(27)38)29-8-5-9-30(35(29)39)31-12-10-23(36(44-31)49-3)17-41-20-26-11-13-33(47)43-26/h4-10,12,14-15,19,22,26,40-41,46H,11,13,16-18,20H2,1-3H3,(H,43,47)/t22?,26-/m0/s1. The molecule has 0 spiro atoms. The lowest BCUT2D eigenvalue weighted by Crippen LogP contribution is -2.35. The van der Waals surface area contributed by atoms with Gasteiger partial charge in [0.05, 0.1) is 34.5 Å². The molecule has 1 amide bonds. The highest BCUT2D eigenvalue weighted by atomic mass is 35.5. The summed E-state index contributed by atoms with van der Waals surface area (Å²) < 4.78 is 7.22. The van der Waals surface area contributed by atoms with Crippen molar-refractivity contribution in [2.24, 2.45) is 0 Å². The SMILES string of the molecule is COc1nc(-c2cccc(-c3cccc(-c4cc(C)n5c(=O)c(CNCC(C)O)cnc5c4)c3Cl)c2Cl)ccc1CNC[C@@H]1CCC(=O)N1. The van der Waals surface area contributed by atoms with Crippen LogP contribution in [0.15, 0.2) is 71.7 Å². The van der Waals surface area contributed by atoms with Crippen molar-refractivity contribution in [3.63, 3.8) is 0 Å². The fraction of sp³-hybridized carbons (Fsp3) is 0.297. The number of aliphatic hydroxyl groups is 1. The normalized spacial score (nSPS) is 15.1. The third kappa shape index (κ3) is 7.49. The van der Waals surface area contributed by atoms with Crippen LogP contribution in [-0.4, -0.2) is 57.7 Å². The van der Waals surface area contributed by atoms with Gasteiger partial charge in [-0.3, -0.25) is 14.0 Å². The van der Waals surface area contributed by atoms with E-state index in [-0.39, 0.29) is 17.5 Å². The van der Waals surface area contributed by atoms with Gasteiger partial charge in [-0.05, 0) is 44.0 Å². The van der Waals surface area contributed by atoms with Gasteiger partial charge in [0.1, 0.15) is 5.65 Å². The molecule has 254 valence electrons. The van der Waals surface area contributed by atoms with E-state index in [0.717, 1.165) is 39.8 Å². The molecule has 3 aromatic heterocycles. The summed E-state index contributed by atoms with van der Waals surface area (Å²) in [6, 6.07) is 19.3. The van der Waals surface area contributed by atoms with Crippen LogP contribution < -0.4 is 26.2 Å². The highest BCUT2D eigenvalue weighted by molar-refractivity contribution is 6.39. The van der Waals surface area contributed by atoms with E-state index in [9.17, 15) is 14.7 Å². The summed E-state index contributed by atoms with van der Waals surface area (Å²) in [6.45, 7) is 5.44. The van der Waals surface area contributed by atoms with E-state index in [1.165, 1.54) is 0 Å². The zero-order valence-electron chi connectivity index (χ0n) is 27.5. The molecular formula is C37H38Cl2N6O4. The summed E-state index contributed by atoms with van der Waals surface area (Å²) in [7, 11) is 1.59. The molecule has 1 fully saturated rings. The van der Waals surface area contributed by atoms with Gasteiger partial charge in [0.2, 0.25) is 11.8 Å². The van der Waals surface area contributed by atoms with Gasteiger partial charge in [-0.1, -0.05) is 65.7 Å². The molecule has 2 atom stereocenters. The Morgan fingerprint density at radius 2 is 1.67 bits per heavy atom. The predicted octanol–water partition coefficient (Wildman–Crippen LogP) is 5.55. The first-order valence-corrected chi connectivity index (χ1v) is 16.9. The number of benzene rings is 2. The number of aromatic nitrogens is 3. The van der Waals surface area contributed by atoms with Crippen LogP contribution in [0.3, 0.4) is 0 Å². The Kier molecular flexibility index (Phi) is 10.6. The summed E-state index contributed by atoms with van der Waals surface area (Å²) in [5, 5.41) is 20.0. The average molecular weight is 702 g/mol. The van der Waals surface area contributed by atoms with Crippen LogP contribution in [0.1, 0.15) is 36.6 Å². The lowest BCUT2D eigenvalue weighted by atomic mass is 9.96. The van der Waals surface area contributed by atoms with Crippen LogP contribution in [-0.2, 0) is 17.9 Å². The zero-order valence-corrected chi connectivity index (χ0v) is 29.0. The van der Waals surface area contributed by atoms with Gasteiger partial charge in [0.15, 0.2) is 0 Å². The number of nitrogens with zero attached hydrogens (tertiary/aromatic N) is 3. The maximum atomic E-state index is 13.3. The van der Waals surface area contributed by atoms with Gasteiger partial charge in [-0.2, -0.15) is 0 Å². The number of rotatable bonds is 12. The lowest BCUT2D eigenvalue weighted by molar-refractivity contribution is -0.119. The molecule has 4 N–H and O–H groups in total. The number of carbonyl (C=O) groups is 1. The van der Waals surface area contributed by atoms with Crippen LogP contribution in [0.25, 0.3) is 39.2 Å². The van der Waals surface area contributed by atoms with E-state index in [1.807, 2.05) is 67.6 Å². The summed E-state index contributed by atoms with van der Waals surface area (Å²) >= 11 is 14.2. The molecule has 1 unspecified atom stereocenters. The summed E-state index contributed by atoms with van der Waals surface area (Å²) in [6.07, 6.45) is 2.45. The molecule has 0 bridgehead atoms. The van der Waals surface area contributed by atoms with Gasteiger partial charge in [-0.15, -0.1) is 0 Å². The van der Waals surface area contributed by atoms with E-state index in [0.29, 0.717) is 71.1 Å². The number of nitrogens with one attached hydrogen (secondary N) is 3. The van der Waals surface area contributed by atoms with Crippen molar-refractivity contribution < 1.29 is 14.6 Å². The Hall–Kier alpha value is -4.32. The number of hydrogen-bond donors (Lipinski definition) is 4. The quantitative estimate of drug-likeness (QED) is 0.133. The molecule has 10 nitrogen and oxygen atoms in total. The number of hydrogen-bond acceptors (Lipinski definition) is 8. The molecule has 6 rings (SSSR count). The highest BCUT2D eigenvalue weighted by Crippen LogP contribution is 2.42. The fourth-order valence-corrected chi connectivity index (χ4v) is 6.81. The molecule has 12 heteroatoms. The summed E-state index contributed by atoms with van der Waals surface area (Å²) in [5.74, 6) is 0.583. The van der Waals surface area contributed by atoms with E-state index >= 15 is 0 Å². The molecular weight excluding hydrogens is 663 g/mol. The second-order valence-electron chi connectivity index (χ2n) is 12.3. The molecule has 2 aromatic carbocycles. The smallest absolute Gasteiger partial charge is 0.262 e. The molecule has 49 heavy (non-hydrogen) atoms. The van der Waals surface area contributed by atoms with Crippen molar-refractivity contribution in [2.45, 2.75) is 51.9 Å². The minimum absolute atomic E-state index is 0.0926. The minimum Gasteiger partial charge on any atom is -0.481 e. The number of aliphatic hydroxyl groups excluding tert-OH is 1. The van der Waals surface area contributed by atoms with Crippen molar-refractivity contribution in [3.8, 4) is 39.4 Å². The van der Waals surface area contributed by atoms with Crippen molar-refractivity contribution in [1.29, 1.82) is 0 Å². The first-order chi connectivity index (χ1) is 23.6. The number of ether oxygens (including phenoxy) is 1. The fourth-order valence-electron chi connectivity index (χ4n) is 6.15. The van der Waals surface area contributed by atoms with Gasteiger partial charge in [0, 0.05) is 78.3 Å². The van der Waals surface area contributed by atoms with Crippen molar-refractivity contribution in [2.75, 3.05) is 20.2 Å². The minimum atomic E-state index is -0.516. The van der Waals surface area contributed by atoms with Crippen LogP contribution in [0.2, 0.25) is 10.0 Å². The molecule has 5 aromatic rings. The molecule has 1 aliphatic rings. The number of halogens is 2. The number of fused-ring (bicyclic) bond motifs is 1. The van der Waals surface area contributed by atoms with Gasteiger partial charge in [0.25, 0.3) is 5.56 Å². The number of pyridine rings is 2. The van der Waals surface area contributed by atoms with E-state index in [4.69, 9.17) is 32.9 Å². The van der Waals surface area contributed by atoms with Crippen molar-refractivity contribution in [3.05, 3.63) is 104 Å². The lowest BCUT2D eigenvalue weighted by Gasteiger charge is -2.16. The highest BCUT2D eigenvalue weighted by Gasteiger charge is 2.21. The molecule has 4 heterocycles. The first-order valence-electron chi connectivity index (χ1n) is 16.2. The van der Waals surface area contributed by atoms with E-state index < -0.39 is 6.10 Å². The van der Waals surface area contributed by atoms with Crippen LogP contribution >= 0.6 is 23.2 Å². The van der Waals surface area contributed by atoms with Crippen LogP contribution in [0, 0.1) is 6.92 Å². The Bertz CT molecular complexity index is 2080. The molecule has 1 aliphatic heterocycles. The largest absolute Gasteiger partial charge is 0.481 e. The van der Waals surface area contributed by atoms with E-state index in [2.05, 4.69) is 20.9 Å². The second kappa shape index (κ2) is 15.1. The van der Waals surface area contributed by atoms with Gasteiger partial charge < -0.3 is 25.8 Å². The predicted molar refractivity (Wildman–Crippen MR) is 193 cm³/mol. The Morgan fingerprint density at radius 3 is 2.37 bits per heavy atom. The Labute approximate surface area is 294 Å². The first kappa shape index (κ1) is 34.5. The summed E-state index contributed by atoms with van der Waals surface area (Å²) in [5.41, 5.74) is 6.94. The van der Waals surface area contributed by atoms with Gasteiger partial charge in [-0.25, -0.2) is 9.97 Å². The summed E-state index contributed by atoms with van der Waals surface area (Å²) in [4.78, 5) is 34.1. The molecule has 0 radical (unpaired) electrons. The number of amides is 1. The van der Waals surface area contributed by atoms with Crippen molar-refractivity contribution >= 4 is 34.8 Å². The second-order valence-corrected chi connectivity index (χ2v) is 13.0. The molecule has 0 aliphatic carbocycles. The molecule has 1 saturated heterocycles. The van der Waals surface area contributed by atoms with Crippen LogP contribution in [0.4, 0.5) is 0 Å². The Balaban J connectivity index is 1.28. The Morgan fingerprint density at radius 1 is 0.980 bits per heavy atom. The number of aryl methyl sites for hydroxylation is 1. The monoisotopic (exact) mass is 700 g/mol. The topological polar surface area (TPSA) is 130 Å².